The van der Waals surface area contributed by atoms with Crippen LogP contribution in [-0.2, 0) is 28.6 Å². The van der Waals surface area contributed by atoms with Gasteiger partial charge in [0.2, 0.25) is 0 Å². The predicted octanol–water partition coefficient (Wildman–Crippen LogP) is 16.9. The summed E-state index contributed by atoms with van der Waals surface area (Å²) in [5.74, 6) is -1.07. The molecule has 0 aromatic rings. The zero-order valence-electron chi connectivity index (χ0n) is 41.0. The molecule has 0 aliphatic heterocycles. The predicted molar refractivity (Wildman–Crippen MR) is 274 cm³/mol. The van der Waals surface area contributed by atoms with Crippen molar-refractivity contribution in [3.05, 3.63) is 122 Å². The van der Waals surface area contributed by atoms with E-state index in [4.69, 9.17) is 14.2 Å². The van der Waals surface area contributed by atoms with Crippen molar-refractivity contribution in [2.24, 2.45) is 0 Å². The van der Waals surface area contributed by atoms with E-state index in [9.17, 15) is 14.4 Å². The zero-order chi connectivity index (χ0) is 46.5. The van der Waals surface area contributed by atoms with Gasteiger partial charge in [-0.25, -0.2) is 0 Å². The van der Waals surface area contributed by atoms with Crippen molar-refractivity contribution in [3.8, 4) is 0 Å². The highest BCUT2D eigenvalue weighted by atomic mass is 16.6. The van der Waals surface area contributed by atoms with E-state index in [2.05, 4.69) is 87.6 Å². The van der Waals surface area contributed by atoms with Crippen molar-refractivity contribution in [1.82, 2.24) is 0 Å². The summed E-state index contributed by atoms with van der Waals surface area (Å²) in [5.41, 5.74) is 0. The number of carbonyl (C=O) groups excluding carboxylic acids is 3. The standard InChI is InChI=1S/C58H92O6/c1-4-7-10-13-16-19-22-25-27-28-29-31-33-36-39-42-45-48-51-57(60)63-54-55(53-62-56(59)50-47-44-41-38-35-32-24-21-18-15-12-9-6-3)64-58(61)52-49-46-43-40-37-34-30-26-23-20-17-14-11-8-5-2/h8,11,14,17,20,22-23,25-32,34-35,37,41,44,55H,4-7,9-10,12-13,15-16,18-19,21,24,33,36,38-40,42-43,45-54H2,1-3H3/b11-8+,17-14+,23-20+,25-22+,28-27+,30-26+,31-29+,35-32+,37-34+,44-41+. The molecule has 0 aromatic heterocycles. The number of rotatable bonds is 44. The lowest BCUT2D eigenvalue weighted by Crippen LogP contribution is -2.30. The van der Waals surface area contributed by atoms with Crippen molar-refractivity contribution >= 4 is 17.9 Å². The van der Waals surface area contributed by atoms with Gasteiger partial charge >= 0.3 is 17.9 Å². The van der Waals surface area contributed by atoms with Crippen molar-refractivity contribution < 1.29 is 28.6 Å². The van der Waals surface area contributed by atoms with Crippen LogP contribution in [0.25, 0.3) is 0 Å². The molecular weight excluding hydrogens is 793 g/mol. The molecule has 0 amide bonds. The average molecular weight is 885 g/mol. The minimum atomic E-state index is -0.834. The van der Waals surface area contributed by atoms with Gasteiger partial charge in [-0.05, 0) is 83.5 Å². The number of allylic oxidation sites excluding steroid dienone is 20. The Morgan fingerprint density at radius 3 is 1.19 bits per heavy atom. The number of unbranched alkanes of at least 4 members (excludes halogenated alkanes) is 19. The van der Waals surface area contributed by atoms with Crippen LogP contribution in [0.3, 0.4) is 0 Å². The minimum absolute atomic E-state index is 0.127. The van der Waals surface area contributed by atoms with Crippen molar-refractivity contribution in [2.45, 2.75) is 213 Å². The third-order valence-corrected chi connectivity index (χ3v) is 10.4. The van der Waals surface area contributed by atoms with E-state index in [1.54, 1.807) is 0 Å². The third kappa shape index (κ3) is 48.8. The second-order valence-corrected chi connectivity index (χ2v) is 16.5. The van der Waals surface area contributed by atoms with Crippen LogP contribution < -0.4 is 0 Å². The van der Waals surface area contributed by atoms with Crippen LogP contribution in [-0.4, -0.2) is 37.2 Å². The molecule has 6 nitrogen and oxygen atoms in total. The van der Waals surface area contributed by atoms with Crippen LogP contribution in [0.1, 0.15) is 207 Å². The molecule has 0 saturated heterocycles. The van der Waals surface area contributed by atoms with Gasteiger partial charge in [0, 0.05) is 19.3 Å². The van der Waals surface area contributed by atoms with E-state index in [1.165, 1.54) is 70.6 Å². The third-order valence-electron chi connectivity index (χ3n) is 10.4. The van der Waals surface area contributed by atoms with Crippen LogP contribution in [0.5, 0.6) is 0 Å². The Bertz CT molecular complexity index is 1390. The highest BCUT2D eigenvalue weighted by molar-refractivity contribution is 5.71. The maximum atomic E-state index is 12.8. The van der Waals surface area contributed by atoms with E-state index in [0.29, 0.717) is 19.3 Å². The smallest absolute Gasteiger partial charge is 0.306 e. The number of hydrogen-bond donors (Lipinski definition) is 0. The fourth-order valence-corrected chi connectivity index (χ4v) is 6.52. The second-order valence-electron chi connectivity index (χ2n) is 16.5. The van der Waals surface area contributed by atoms with Crippen molar-refractivity contribution in [1.29, 1.82) is 0 Å². The Kier molecular flexibility index (Phi) is 48.1. The van der Waals surface area contributed by atoms with E-state index >= 15 is 0 Å². The van der Waals surface area contributed by atoms with E-state index in [0.717, 1.165) is 83.5 Å². The summed E-state index contributed by atoms with van der Waals surface area (Å²) < 4.78 is 16.7. The quantitative estimate of drug-likeness (QED) is 0.0199. The van der Waals surface area contributed by atoms with Gasteiger partial charge < -0.3 is 14.2 Å². The summed E-state index contributed by atoms with van der Waals surface area (Å²) in [6.07, 6.45) is 70.5. The summed E-state index contributed by atoms with van der Waals surface area (Å²) in [4.78, 5) is 37.9. The fourth-order valence-electron chi connectivity index (χ4n) is 6.52. The summed E-state index contributed by atoms with van der Waals surface area (Å²) in [6.45, 7) is 6.34. The molecule has 360 valence electrons. The van der Waals surface area contributed by atoms with Crippen LogP contribution in [0.2, 0.25) is 0 Å². The lowest BCUT2D eigenvalue weighted by molar-refractivity contribution is -0.166. The highest BCUT2D eigenvalue weighted by Gasteiger charge is 2.19. The Balaban J connectivity index is 4.58. The molecule has 0 radical (unpaired) electrons. The Labute approximate surface area is 392 Å². The van der Waals surface area contributed by atoms with E-state index < -0.39 is 6.10 Å². The Hall–Kier alpha value is -4.19. The van der Waals surface area contributed by atoms with E-state index in [-0.39, 0.29) is 44.0 Å². The fraction of sp³-hybridized carbons (Fsp3) is 0.603. The molecule has 0 bridgehead atoms. The van der Waals surface area contributed by atoms with Gasteiger partial charge in [-0.1, -0.05) is 226 Å². The van der Waals surface area contributed by atoms with Crippen LogP contribution in [0.15, 0.2) is 122 Å². The normalized spacial score (nSPS) is 13.1. The Morgan fingerprint density at radius 2 is 0.703 bits per heavy atom. The number of hydrogen-bond acceptors (Lipinski definition) is 6. The molecule has 1 unspecified atom stereocenters. The minimum Gasteiger partial charge on any atom is -0.462 e. The molecule has 0 aromatic carbocycles. The number of esters is 3. The van der Waals surface area contributed by atoms with Crippen LogP contribution >= 0.6 is 0 Å². The first-order valence-electron chi connectivity index (χ1n) is 25.6. The largest absolute Gasteiger partial charge is 0.462 e. The van der Waals surface area contributed by atoms with Crippen molar-refractivity contribution in [2.75, 3.05) is 13.2 Å². The lowest BCUT2D eigenvalue weighted by Gasteiger charge is -2.18. The summed E-state index contributed by atoms with van der Waals surface area (Å²) in [6, 6.07) is 0. The first-order chi connectivity index (χ1) is 31.5. The maximum absolute atomic E-state index is 12.8. The average Bonchev–Trinajstić information content (AvgIpc) is 3.29. The van der Waals surface area contributed by atoms with E-state index in [1.807, 2.05) is 54.7 Å². The van der Waals surface area contributed by atoms with Gasteiger partial charge in [-0.15, -0.1) is 0 Å². The molecule has 6 heteroatoms. The molecule has 0 saturated carbocycles. The molecular formula is C58H92O6. The lowest BCUT2D eigenvalue weighted by atomic mass is 10.1. The molecule has 0 N–H and O–H groups in total. The summed E-state index contributed by atoms with van der Waals surface area (Å²) in [7, 11) is 0. The van der Waals surface area contributed by atoms with Crippen LogP contribution in [0.4, 0.5) is 0 Å². The zero-order valence-corrected chi connectivity index (χ0v) is 41.0. The second kappa shape index (κ2) is 51.4. The van der Waals surface area contributed by atoms with Gasteiger partial charge in [-0.3, -0.25) is 14.4 Å². The molecule has 64 heavy (non-hydrogen) atoms. The van der Waals surface area contributed by atoms with Gasteiger partial charge in [0.1, 0.15) is 13.2 Å². The van der Waals surface area contributed by atoms with Gasteiger partial charge in [0.25, 0.3) is 0 Å². The molecule has 1 atom stereocenters. The van der Waals surface area contributed by atoms with Crippen LogP contribution in [0, 0.1) is 0 Å². The topological polar surface area (TPSA) is 78.9 Å². The number of carbonyl (C=O) groups is 3. The molecule has 0 fully saturated rings. The summed E-state index contributed by atoms with van der Waals surface area (Å²) >= 11 is 0. The van der Waals surface area contributed by atoms with Gasteiger partial charge in [-0.2, -0.15) is 0 Å². The SMILES string of the molecule is CC/C=C/C=C/C=C/C=C/C=C/CCCCCC(=O)OC(COC(=O)CC/C=C/C/C=C/CCCCCCCC)COC(=O)CCCCCCC/C=C/C=C/C=C/CCCCCCC. The van der Waals surface area contributed by atoms with Gasteiger partial charge in [0.05, 0.1) is 0 Å². The summed E-state index contributed by atoms with van der Waals surface area (Å²) in [5, 5.41) is 0. The maximum Gasteiger partial charge on any atom is 0.306 e. The molecule has 0 rings (SSSR count). The first-order valence-corrected chi connectivity index (χ1v) is 25.6. The van der Waals surface area contributed by atoms with Gasteiger partial charge in [0.15, 0.2) is 6.10 Å². The number of ether oxygens (including phenoxy) is 3. The molecule has 0 spiro atoms. The molecule has 0 aliphatic carbocycles. The Morgan fingerprint density at radius 1 is 0.344 bits per heavy atom. The monoisotopic (exact) mass is 885 g/mol. The molecule has 0 heterocycles. The molecule has 0 aliphatic rings. The highest BCUT2D eigenvalue weighted by Crippen LogP contribution is 2.12. The van der Waals surface area contributed by atoms with Crippen molar-refractivity contribution in [3.63, 3.8) is 0 Å². The first kappa shape index (κ1) is 59.8.